The summed E-state index contributed by atoms with van der Waals surface area (Å²) in [6.45, 7) is 3.30. The number of piperidine rings is 1. The molecule has 4 nitrogen and oxygen atoms in total. The van der Waals surface area contributed by atoms with Gasteiger partial charge in [0, 0.05) is 25.0 Å². The third kappa shape index (κ3) is 3.37. The van der Waals surface area contributed by atoms with E-state index in [1.807, 2.05) is 4.90 Å². The van der Waals surface area contributed by atoms with Gasteiger partial charge in [-0.3, -0.25) is 0 Å². The van der Waals surface area contributed by atoms with Crippen LogP contribution >= 0.6 is 0 Å². The fourth-order valence-electron chi connectivity index (χ4n) is 3.23. The first-order valence-corrected chi connectivity index (χ1v) is 7.49. The lowest BCUT2D eigenvalue weighted by atomic mass is 9.74. The van der Waals surface area contributed by atoms with Crippen LogP contribution in [-0.4, -0.2) is 37.1 Å². The zero-order chi connectivity index (χ0) is 12.8. The van der Waals surface area contributed by atoms with Crippen LogP contribution in [0.15, 0.2) is 0 Å². The Bertz CT molecular complexity index is 268. The van der Waals surface area contributed by atoms with E-state index >= 15 is 0 Å². The predicted octanol–water partition coefficient (Wildman–Crippen LogP) is 2.09. The molecule has 3 N–H and O–H groups in total. The van der Waals surface area contributed by atoms with E-state index in [0.29, 0.717) is 6.54 Å². The Hall–Kier alpha value is -0.770. The molecule has 2 aliphatic rings. The van der Waals surface area contributed by atoms with Gasteiger partial charge in [-0.05, 0) is 38.6 Å². The van der Waals surface area contributed by atoms with Crippen LogP contribution < -0.4 is 11.1 Å². The Balaban J connectivity index is 1.79. The van der Waals surface area contributed by atoms with Gasteiger partial charge in [-0.1, -0.05) is 19.3 Å². The first-order valence-electron chi connectivity index (χ1n) is 7.49. The summed E-state index contributed by atoms with van der Waals surface area (Å²) < 4.78 is 0. The van der Waals surface area contributed by atoms with E-state index in [4.69, 9.17) is 5.73 Å². The molecule has 2 rings (SSSR count). The molecule has 0 aromatic heterocycles. The molecule has 0 bridgehead atoms. The van der Waals surface area contributed by atoms with E-state index in [9.17, 15) is 4.79 Å². The number of nitrogens with two attached hydrogens (primary N) is 1. The molecule has 1 saturated carbocycles. The molecule has 0 radical (unpaired) electrons. The molecule has 2 amide bonds. The summed E-state index contributed by atoms with van der Waals surface area (Å²) in [4.78, 5) is 14.0. The SMILES string of the molecule is NCC1(CNC(=O)N2CCCCC2)CCCCC1. The summed E-state index contributed by atoms with van der Waals surface area (Å²) in [5.41, 5.74) is 6.11. The number of carbonyl (C=O) groups excluding carboxylic acids is 1. The van der Waals surface area contributed by atoms with Crippen LogP contribution in [0.5, 0.6) is 0 Å². The fraction of sp³-hybridized carbons (Fsp3) is 0.929. The maximum Gasteiger partial charge on any atom is 0.317 e. The van der Waals surface area contributed by atoms with Gasteiger partial charge in [0.05, 0.1) is 0 Å². The Morgan fingerprint density at radius 2 is 1.67 bits per heavy atom. The van der Waals surface area contributed by atoms with Crippen molar-refractivity contribution in [3.05, 3.63) is 0 Å². The second-order valence-corrected chi connectivity index (χ2v) is 5.97. The van der Waals surface area contributed by atoms with Crippen LogP contribution in [0.1, 0.15) is 51.4 Å². The second kappa shape index (κ2) is 6.41. The summed E-state index contributed by atoms with van der Waals surface area (Å²) in [5.74, 6) is 0. The number of nitrogens with zero attached hydrogens (tertiary/aromatic N) is 1. The lowest BCUT2D eigenvalue weighted by Gasteiger charge is -2.37. The summed E-state index contributed by atoms with van der Waals surface area (Å²) in [6, 6.07) is 0.119. The van der Waals surface area contributed by atoms with Crippen LogP contribution in [0.4, 0.5) is 4.79 Å². The van der Waals surface area contributed by atoms with E-state index in [1.54, 1.807) is 0 Å². The molecule has 104 valence electrons. The van der Waals surface area contributed by atoms with Gasteiger partial charge in [0.25, 0.3) is 0 Å². The van der Waals surface area contributed by atoms with Crippen molar-refractivity contribution >= 4 is 6.03 Å². The highest BCUT2D eigenvalue weighted by Crippen LogP contribution is 2.34. The minimum Gasteiger partial charge on any atom is -0.337 e. The van der Waals surface area contributed by atoms with Gasteiger partial charge in [-0.2, -0.15) is 0 Å². The molecule has 0 unspecified atom stereocenters. The van der Waals surface area contributed by atoms with E-state index in [0.717, 1.165) is 32.5 Å². The molecular formula is C14H27N3O. The Kier molecular flexibility index (Phi) is 4.87. The van der Waals surface area contributed by atoms with E-state index in [2.05, 4.69) is 5.32 Å². The van der Waals surface area contributed by atoms with Gasteiger partial charge < -0.3 is 16.0 Å². The summed E-state index contributed by atoms with van der Waals surface area (Å²) in [5, 5.41) is 3.12. The zero-order valence-electron chi connectivity index (χ0n) is 11.4. The van der Waals surface area contributed by atoms with Crippen LogP contribution in [0.2, 0.25) is 0 Å². The van der Waals surface area contributed by atoms with Crippen LogP contribution in [-0.2, 0) is 0 Å². The first-order chi connectivity index (χ1) is 8.76. The standard InChI is InChI=1S/C14H27N3O/c15-11-14(7-3-1-4-8-14)12-16-13(18)17-9-5-2-6-10-17/h1-12,15H2,(H,16,18). The van der Waals surface area contributed by atoms with Crippen molar-refractivity contribution in [1.29, 1.82) is 0 Å². The van der Waals surface area contributed by atoms with E-state index < -0.39 is 0 Å². The zero-order valence-corrected chi connectivity index (χ0v) is 11.4. The number of likely N-dealkylation sites (tertiary alicyclic amines) is 1. The topological polar surface area (TPSA) is 58.4 Å². The molecule has 1 aliphatic heterocycles. The lowest BCUT2D eigenvalue weighted by molar-refractivity contribution is 0.162. The number of hydrogen-bond donors (Lipinski definition) is 2. The molecule has 2 fully saturated rings. The molecule has 4 heteroatoms. The van der Waals surface area contributed by atoms with Gasteiger partial charge in [0.2, 0.25) is 0 Å². The van der Waals surface area contributed by atoms with Gasteiger partial charge in [-0.15, -0.1) is 0 Å². The summed E-state index contributed by atoms with van der Waals surface area (Å²) in [6.07, 6.45) is 9.74. The minimum absolute atomic E-state index is 0.119. The summed E-state index contributed by atoms with van der Waals surface area (Å²) >= 11 is 0. The van der Waals surface area contributed by atoms with Crippen molar-refractivity contribution in [3.63, 3.8) is 0 Å². The second-order valence-electron chi connectivity index (χ2n) is 5.97. The summed E-state index contributed by atoms with van der Waals surface area (Å²) in [7, 11) is 0. The van der Waals surface area contributed by atoms with Crippen molar-refractivity contribution in [2.45, 2.75) is 51.4 Å². The molecule has 0 spiro atoms. The number of hydrogen-bond acceptors (Lipinski definition) is 2. The third-order valence-electron chi connectivity index (χ3n) is 4.61. The molecule has 0 aromatic rings. The maximum atomic E-state index is 12.1. The Labute approximate surface area is 110 Å². The molecule has 1 saturated heterocycles. The minimum atomic E-state index is 0.119. The van der Waals surface area contributed by atoms with Gasteiger partial charge in [-0.25, -0.2) is 4.79 Å². The normalized spacial score (nSPS) is 23.7. The van der Waals surface area contributed by atoms with Crippen molar-refractivity contribution in [2.75, 3.05) is 26.2 Å². The predicted molar refractivity (Wildman–Crippen MR) is 73.4 cm³/mol. The van der Waals surface area contributed by atoms with E-state index in [1.165, 1.54) is 38.5 Å². The average molecular weight is 253 g/mol. The highest BCUT2D eigenvalue weighted by molar-refractivity contribution is 5.74. The fourth-order valence-corrected chi connectivity index (χ4v) is 3.23. The highest BCUT2D eigenvalue weighted by atomic mass is 16.2. The molecule has 1 aliphatic carbocycles. The Morgan fingerprint density at radius 1 is 1.06 bits per heavy atom. The monoisotopic (exact) mass is 253 g/mol. The first kappa shape index (κ1) is 13.7. The lowest BCUT2D eigenvalue weighted by Crippen LogP contribution is -2.49. The molecule has 0 aromatic carbocycles. The van der Waals surface area contributed by atoms with E-state index in [-0.39, 0.29) is 11.4 Å². The molecular weight excluding hydrogens is 226 g/mol. The van der Waals surface area contributed by atoms with Crippen molar-refractivity contribution in [2.24, 2.45) is 11.1 Å². The van der Waals surface area contributed by atoms with Crippen LogP contribution in [0.25, 0.3) is 0 Å². The van der Waals surface area contributed by atoms with Crippen molar-refractivity contribution in [1.82, 2.24) is 10.2 Å². The third-order valence-corrected chi connectivity index (χ3v) is 4.61. The van der Waals surface area contributed by atoms with Gasteiger partial charge >= 0.3 is 6.03 Å². The van der Waals surface area contributed by atoms with Crippen LogP contribution in [0.3, 0.4) is 0 Å². The average Bonchev–Trinajstić information content (AvgIpc) is 2.47. The number of rotatable bonds is 3. The van der Waals surface area contributed by atoms with Crippen molar-refractivity contribution < 1.29 is 4.79 Å². The molecule has 1 heterocycles. The van der Waals surface area contributed by atoms with Crippen LogP contribution in [0, 0.1) is 5.41 Å². The Morgan fingerprint density at radius 3 is 2.28 bits per heavy atom. The quantitative estimate of drug-likeness (QED) is 0.809. The number of nitrogens with one attached hydrogen (secondary N) is 1. The van der Waals surface area contributed by atoms with Gasteiger partial charge in [0.15, 0.2) is 0 Å². The molecule has 0 atom stereocenters. The highest BCUT2D eigenvalue weighted by Gasteiger charge is 2.31. The smallest absolute Gasteiger partial charge is 0.317 e. The number of urea groups is 1. The maximum absolute atomic E-state index is 12.1. The van der Waals surface area contributed by atoms with Gasteiger partial charge in [0.1, 0.15) is 0 Å². The largest absolute Gasteiger partial charge is 0.337 e. The number of carbonyl (C=O) groups is 1. The number of amides is 2. The molecule has 18 heavy (non-hydrogen) atoms. The van der Waals surface area contributed by atoms with Crippen molar-refractivity contribution in [3.8, 4) is 0 Å².